The van der Waals surface area contributed by atoms with Crippen molar-refractivity contribution in [3.63, 3.8) is 0 Å². The molecule has 1 aromatic heterocycles. The Morgan fingerprint density at radius 1 is 1.33 bits per heavy atom. The molecule has 0 fully saturated rings. The molecule has 0 spiro atoms. The fourth-order valence-corrected chi connectivity index (χ4v) is 1.65. The summed E-state index contributed by atoms with van der Waals surface area (Å²) in [6.45, 7) is 4.74. The van der Waals surface area contributed by atoms with Crippen LogP contribution in [0.4, 0.5) is 8.78 Å². The number of rotatable bonds is 4. The van der Waals surface area contributed by atoms with Gasteiger partial charge >= 0.3 is 0 Å². The van der Waals surface area contributed by atoms with E-state index in [-0.39, 0.29) is 5.69 Å². The van der Waals surface area contributed by atoms with Crippen molar-refractivity contribution >= 4 is 0 Å². The van der Waals surface area contributed by atoms with E-state index in [9.17, 15) is 8.78 Å². The predicted molar refractivity (Wildman–Crippen MR) is 63.4 cm³/mol. The van der Waals surface area contributed by atoms with Crippen molar-refractivity contribution < 1.29 is 8.78 Å². The number of aromatic nitrogens is 3. The molecule has 96 valence electrons. The summed E-state index contributed by atoms with van der Waals surface area (Å²) in [5.41, 5.74) is 0.803. The van der Waals surface area contributed by atoms with Gasteiger partial charge in [0.2, 0.25) is 0 Å². The van der Waals surface area contributed by atoms with Crippen LogP contribution in [0.5, 0.6) is 0 Å². The molecule has 6 heteroatoms. The van der Waals surface area contributed by atoms with Crippen LogP contribution in [0, 0.1) is 18.6 Å². The molecular formula is C12H14F2N4. The molecule has 0 bridgehead atoms. The Kier molecular flexibility index (Phi) is 3.66. The molecule has 0 aliphatic carbocycles. The second kappa shape index (κ2) is 5.22. The smallest absolute Gasteiger partial charge is 0.154 e. The lowest BCUT2D eigenvalue weighted by Gasteiger charge is -2.10. The van der Waals surface area contributed by atoms with E-state index < -0.39 is 11.6 Å². The van der Waals surface area contributed by atoms with Gasteiger partial charge in [-0.25, -0.2) is 13.5 Å². The van der Waals surface area contributed by atoms with E-state index >= 15 is 0 Å². The number of hydrogen-bond acceptors (Lipinski definition) is 3. The van der Waals surface area contributed by atoms with Gasteiger partial charge in [-0.3, -0.25) is 0 Å². The van der Waals surface area contributed by atoms with E-state index in [2.05, 4.69) is 15.6 Å². The Hall–Kier alpha value is -1.82. The molecule has 1 aromatic carbocycles. The van der Waals surface area contributed by atoms with E-state index in [1.165, 1.54) is 23.0 Å². The lowest BCUT2D eigenvalue weighted by atomic mass is 10.2. The topological polar surface area (TPSA) is 42.7 Å². The molecule has 0 unspecified atom stereocenters. The zero-order valence-corrected chi connectivity index (χ0v) is 10.2. The number of halogens is 2. The van der Waals surface area contributed by atoms with Crippen molar-refractivity contribution in [2.24, 2.45) is 0 Å². The molecule has 0 saturated carbocycles. The molecule has 4 nitrogen and oxygen atoms in total. The van der Waals surface area contributed by atoms with Gasteiger partial charge in [-0.15, -0.1) is 5.10 Å². The maximum absolute atomic E-state index is 14.0. The third kappa shape index (κ3) is 2.24. The Morgan fingerprint density at radius 3 is 2.83 bits per heavy atom. The fraction of sp³-hybridized carbons (Fsp3) is 0.333. The van der Waals surface area contributed by atoms with Gasteiger partial charge < -0.3 is 5.32 Å². The monoisotopic (exact) mass is 252 g/mol. The first-order chi connectivity index (χ1) is 8.65. The van der Waals surface area contributed by atoms with Crippen molar-refractivity contribution in [2.75, 3.05) is 6.54 Å². The number of benzene rings is 1. The minimum atomic E-state index is -0.652. The zero-order chi connectivity index (χ0) is 13.1. The van der Waals surface area contributed by atoms with Crippen molar-refractivity contribution in [1.82, 2.24) is 20.3 Å². The summed E-state index contributed by atoms with van der Waals surface area (Å²) in [5.74, 6) is -1.26. The van der Waals surface area contributed by atoms with Crippen molar-refractivity contribution in [2.45, 2.75) is 20.4 Å². The van der Waals surface area contributed by atoms with Crippen LogP contribution in [0.1, 0.15) is 18.2 Å². The van der Waals surface area contributed by atoms with E-state index in [1.807, 2.05) is 6.92 Å². The second-order valence-electron chi connectivity index (χ2n) is 3.94. The quantitative estimate of drug-likeness (QED) is 0.904. The van der Waals surface area contributed by atoms with Crippen LogP contribution in [-0.4, -0.2) is 21.5 Å². The second-order valence-corrected chi connectivity index (χ2v) is 3.94. The van der Waals surface area contributed by atoms with Gasteiger partial charge in [0.15, 0.2) is 11.6 Å². The fourth-order valence-electron chi connectivity index (χ4n) is 1.65. The molecule has 0 amide bonds. The van der Waals surface area contributed by atoms with E-state index in [0.717, 1.165) is 6.54 Å². The molecule has 0 radical (unpaired) electrons. The minimum Gasteiger partial charge on any atom is -0.311 e. The Morgan fingerprint density at radius 2 is 2.11 bits per heavy atom. The molecule has 2 aromatic rings. The van der Waals surface area contributed by atoms with Crippen LogP contribution in [0.2, 0.25) is 0 Å². The summed E-state index contributed by atoms with van der Waals surface area (Å²) in [5, 5.41) is 10.5. The Labute approximate surface area is 104 Å². The maximum Gasteiger partial charge on any atom is 0.154 e. The van der Waals surface area contributed by atoms with Gasteiger partial charge in [-0.2, -0.15) is 0 Å². The Bertz CT molecular complexity index is 551. The highest BCUT2D eigenvalue weighted by Gasteiger charge is 2.17. The molecule has 1 N–H and O–H groups in total. The van der Waals surface area contributed by atoms with Gasteiger partial charge in [-0.1, -0.05) is 18.2 Å². The Balaban J connectivity index is 2.49. The van der Waals surface area contributed by atoms with Crippen LogP contribution in [0.3, 0.4) is 0 Å². The molecule has 1 heterocycles. The van der Waals surface area contributed by atoms with Crippen LogP contribution in [-0.2, 0) is 6.54 Å². The molecule has 0 saturated heterocycles. The summed E-state index contributed by atoms with van der Waals surface area (Å²) in [4.78, 5) is 0. The average Bonchev–Trinajstić information content (AvgIpc) is 2.80. The van der Waals surface area contributed by atoms with Gasteiger partial charge in [0, 0.05) is 6.54 Å². The largest absolute Gasteiger partial charge is 0.311 e. The first kappa shape index (κ1) is 12.6. The highest BCUT2D eigenvalue weighted by Crippen LogP contribution is 2.21. The first-order valence-corrected chi connectivity index (χ1v) is 5.70. The van der Waals surface area contributed by atoms with Crippen molar-refractivity contribution in [1.29, 1.82) is 0 Å². The summed E-state index contributed by atoms with van der Waals surface area (Å²) >= 11 is 0. The summed E-state index contributed by atoms with van der Waals surface area (Å²) in [6, 6.07) is 2.63. The predicted octanol–water partition coefficient (Wildman–Crippen LogP) is 1.96. The first-order valence-electron chi connectivity index (χ1n) is 5.70. The van der Waals surface area contributed by atoms with Gasteiger partial charge in [0.05, 0.1) is 11.9 Å². The van der Waals surface area contributed by atoms with Crippen LogP contribution < -0.4 is 5.32 Å². The summed E-state index contributed by atoms with van der Waals surface area (Å²) in [7, 11) is 0. The van der Waals surface area contributed by atoms with Crippen molar-refractivity contribution in [3.8, 4) is 5.69 Å². The summed E-state index contributed by atoms with van der Waals surface area (Å²) < 4.78 is 28.9. The van der Waals surface area contributed by atoms with Gasteiger partial charge in [-0.05, 0) is 25.1 Å². The van der Waals surface area contributed by atoms with E-state index in [1.54, 1.807) is 6.92 Å². The number of nitrogens with zero attached hydrogens (tertiary/aromatic N) is 3. The van der Waals surface area contributed by atoms with Crippen LogP contribution >= 0.6 is 0 Å². The summed E-state index contributed by atoms with van der Waals surface area (Å²) in [6.07, 6.45) is 1.49. The average molecular weight is 252 g/mol. The zero-order valence-electron chi connectivity index (χ0n) is 10.2. The van der Waals surface area contributed by atoms with Crippen LogP contribution in [0.15, 0.2) is 18.3 Å². The molecule has 18 heavy (non-hydrogen) atoms. The van der Waals surface area contributed by atoms with Gasteiger partial charge in [0.1, 0.15) is 5.69 Å². The standard InChI is InChI=1S/C12H14F2N4/c1-3-15-6-9-7-16-17-18(9)12-10(13)5-4-8(2)11(12)14/h4-5,7,15H,3,6H2,1-2H3. The number of nitrogens with one attached hydrogen (secondary N) is 1. The number of aryl methyl sites for hydroxylation is 1. The highest BCUT2D eigenvalue weighted by atomic mass is 19.1. The van der Waals surface area contributed by atoms with Gasteiger partial charge in [0.25, 0.3) is 0 Å². The molecule has 0 atom stereocenters. The highest BCUT2D eigenvalue weighted by molar-refractivity contribution is 5.39. The lowest BCUT2D eigenvalue weighted by molar-refractivity contribution is 0.543. The van der Waals surface area contributed by atoms with E-state index in [0.29, 0.717) is 17.8 Å². The maximum atomic E-state index is 14.0. The SMILES string of the molecule is CCNCc1cnnn1-c1c(F)ccc(C)c1F. The molecular weight excluding hydrogens is 238 g/mol. The third-order valence-corrected chi connectivity index (χ3v) is 2.65. The third-order valence-electron chi connectivity index (χ3n) is 2.65. The van der Waals surface area contributed by atoms with Crippen molar-refractivity contribution in [3.05, 3.63) is 41.2 Å². The minimum absolute atomic E-state index is 0.180. The van der Waals surface area contributed by atoms with E-state index in [4.69, 9.17) is 0 Å². The number of hydrogen-bond donors (Lipinski definition) is 1. The lowest BCUT2D eigenvalue weighted by Crippen LogP contribution is -2.16. The van der Waals surface area contributed by atoms with Crippen LogP contribution in [0.25, 0.3) is 5.69 Å². The molecule has 0 aliphatic rings. The normalized spacial score (nSPS) is 10.9. The molecule has 2 rings (SSSR count). The molecule has 0 aliphatic heterocycles.